The molecule has 0 aromatic carbocycles. The van der Waals surface area contributed by atoms with Gasteiger partial charge in [-0.15, -0.1) is 0 Å². The number of nitrogens with one attached hydrogen (secondary N) is 1. The summed E-state index contributed by atoms with van der Waals surface area (Å²) in [7, 11) is -3.46. The van der Waals surface area contributed by atoms with Crippen LogP contribution in [0.3, 0.4) is 0 Å². The zero-order valence-electron chi connectivity index (χ0n) is 10.2. The Hall–Kier alpha value is -0.170. The predicted octanol–water partition coefficient (Wildman–Crippen LogP) is 3.04. The molecule has 1 heterocycles. The normalized spacial score (nSPS) is 25.2. The molecule has 0 saturated heterocycles. The summed E-state index contributed by atoms with van der Waals surface area (Å²) < 4.78 is 27.6. The van der Waals surface area contributed by atoms with Gasteiger partial charge in [-0.05, 0) is 18.8 Å². The third kappa shape index (κ3) is 3.23. The maximum absolute atomic E-state index is 12.2. The van der Waals surface area contributed by atoms with Gasteiger partial charge in [0.15, 0.2) is 8.68 Å². The van der Waals surface area contributed by atoms with Gasteiger partial charge >= 0.3 is 0 Å². The average Bonchev–Trinajstić information content (AvgIpc) is 2.77. The van der Waals surface area contributed by atoms with Gasteiger partial charge in [-0.2, -0.15) is 0 Å². The lowest BCUT2D eigenvalue weighted by molar-refractivity contribution is 0.282. The van der Waals surface area contributed by atoms with Crippen molar-refractivity contribution in [1.82, 2.24) is 9.71 Å². The molecule has 7 heteroatoms. The first-order valence-electron chi connectivity index (χ1n) is 6.16. The third-order valence-corrected chi connectivity index (χ3v) is 6.53. The van der Waals surface area contributed by atoms with Crippen molar-refractivity contribution in [1.29, 1.82) is 0 Å². The molecule has 0 amide bonds. The van der Waals surface area contributed by atoms with Crippen molar-refractivity contribution in [3.05, 3.63) is 10.7 Å². The Morgan fingerprint density at radius 3 is 2.83 bits per heavy atom. The number of rotatable bonds is 4. The summed E-state index contributed by atoms with van der Waals surface area (Å²) in [5, 5.41) is 0. The molecule has 102 valence electrons. The summed E-state index contributed by atoms with van der Waals surface area (Å²) >= 11 is 6.68. The molecular weight excluding hydrogens is 292 g/mol. The number of nitrogens with zero attached hydrogens (tertiary/aromatic N) is 1. The molecule has 4 nitrogen and oxygen atoms in total. The van der Waals surface area contributed by atoms with Gasteiger partial charge in [0, 0.05) is 6.04 Å². The summed E-state index contributed by atoms with van der Waals surface area (Å²) in [4.78, 5) is 3.78. The molecule has 1 aliphatic rings. The SMILES string of the molecule is CCC1CCCCC1NS(=O)(=O)c1cnc(Cl)s1. The second kappa shape index (κ2) is 5.86. The van der Waals surface area contributed by atoms with Crippen LogP contribution in [0.5, 0.6) is 0 Å². The van der Waals surface area contributed by atoms with Crippen molar-refractivity contribution in [3.8, 4) is 0 Å². The molecule has 2 atom stereocenters. The number of thiazole rings is 1. The lowest BCUT2D eigenvalue weighted by Crippen LogP contribution is -2.41. The fourth-order valence-corrected chi connectivity index (χ4v) is 5.12. The predicted molar refractivity (Wildman–Crippen MR) is 73.5 cm³/mol. The van der Waals surface area contributed by atoms with E-state index in [0.29, 0.717) is 5.92 Å². The first kappa shape index (κ1) is 14.2. The van der Waals surface area contributed by atoms with Gasteiger partial charge in [-0.3, -0.25) is 0 Å². The van der Waals surface area contributed by atoms with Crippen LogP contribution < -0.4 is 4.72 Å². The number of aromatic nitrogens is 1. The van der Waals surface area contributed by atoms with Crippen LogP contribution in [0.15, 0.2) is 10.4 Å². The Labute approximate surface area is 117 Å². The highest BCUT2D eigenvalue weighted by atomic mass is 35.5. The molecule has 1 aromatic heterocycles. The fraction of sp³-hybridized carbons (Fsp3) is 0.727. The first-order chi connectivity index (χ1) is 8.53. The van der Waals surface area contributed by atoms with Crippen molar-refractivity contribution in [2.75, 3.05) is 0 Å². The summed E-state index contributed by atoms with van der Waals surface area (Å²) in [5.41, 5.74) is 0. The molecule has 1 saturated carbocycles. The van der Waals surface area contributed by atoms with E-state index >= 15 is 0 Å². The van der Waals surface area contributed by atoms with E-state index in [2.05, 4.69) is 16.6 Å². The molecule has 1 aliphatic carbocycles. The third-order valence-electron chi connectivity index (χ3n) is 3.46. The largest absolute Gasteiger partial charge is 0.251 e. The van der Waals surface area contributed by atoms with E-state index in [1.54, 1.807) is 0 Å². The molecule has 0 aliphatic heterocycles. The second-order valence-electron chi connectivity index (χ2n) is 4.61. The minimum absolute atomic E-state index is 0.0506. The van der Waals surface area contributed by atoms with Crippen molar-refractivity contribution >= 4 is 33.0 Å². The summed E-state index contributed by atoms with van der Waals surface area (Å²) in [5.74, 6) is 0.442. The number of hydrogen-bond donors (Lipinski definition) is 1. The summed E-state index contributed by atoms with van der Waals surface area (Å²) in [6.45, 7) is 2.11. The van der Waals surface area contributed by atoms with Crippen LogP contribution in [-0.2, 0) is 10.0 Å². The first-order valence-corrected chi connectivity index (χ1v) is 8.84. The highest BCUT2D eigenvalue weighted by molar-refractivity contribution is 7.91. The van der Waals surface area contributed by atoms with Crippen molar-refractivity contribution < 1.29 is 8.42 Å². The molecule has 0 spiro atoms. The highest BCUT2D eigenvalue weighted by Crippen LogP contribution is 2.29. The second-order valence-corrected chi connectivity index (χ2v) is 8.17. The maximum atomic E-state index is 12.2. The van der Waals surface area contributed by atoms with Crippen LogP contribution in [0.1, 0.15) is 39.0 Å². The van der Waals surface area contributed by atoms with Crippen LogP contribution in [0.4, 0.5) is 0 Å². The molecule has 1 aromatic rings. The minimum Gasteiger partial charge on any atom is -0.232 e. The van der Waals surface area contributed by atoms with E-state index in [1.165, 1.54) is 12.6 Å². The Kier molecular flexibility index (Phi) is 4.64. The van der Waals surface area contributed by atoms with E-state index in [-0.39, 0.29) is 14.7 Å². The van der Waals surface area contributed by atoms with Crippen LogP contribution in [0.25, 0.3) is 0 Å². The Bertz CT molecular complexity index is 501. The van der Waals surface area contributed by atoms with Gasteiger partial charge in [0.05, 0.1) is 6.20 Å². The topological polar surface area (TPSA) is 59.1 Å². The van der Waals surface area contributed by atoms with Gasteiger partial charge in [0.1, 0.15) is 0 Å². The Balaban J connectivity index is 2.12. The summed E-state index contributed by atoms with van der Waals surface area (Å²) in [6.07, 6.45) is 6.64. The molecule has 0 radical (unpaired) electrons. The fourth-order valence-electron chi connectivity index (χ4n) is 2.47. The number of sulfonamides is 1. The molecular formula is C11H17ClN2O2S2. The average molecular weight is 309 g/mol. The minimum atomic E-state index is -3.46. The van der Waals surface area contributed by atoms with Crippen molar-refractivity contribution in [2.45, 2.75) is 49.3 Å². The summed E-state index contributed by atoms with van der Waals surface area (Å²) in [6, 6.07) is 0.0506. The highest BCUT2D eigenvalue weighted by Gasteiger charge is 2.29. The number of halogens is 1. The van der Waals surface area contributed by atoms with Gasteiger partial charge < -0.3 is 0 Å². The lowest BCUT2D eigenvalue weighted by atomic mass is 9.83. The lowest BCUT2D eigenvalue weighted by Gasteiger charge is -2.30. The quantitative estimate of drug-likeness (QED) is 0.930. The molecule has 2 unspecified atom stereocenters. The Morgan fingerprint density at radius 1 is 1.50 bits per heavy atom. The Morgan fingerprint density at radius 2 is 2.22 bits per heavy atom. The van der Waals surface area contributed by atoms with E-state index < -0.39 is 10.0 Å². The van der Waals surface area contributed by atoms with E-state index in [9.17, 15) is 8.42 Å². The monoisotopic (exact) mass is 308 g/mol. The maximum Gasteiger partial charge on any atom is 0.251 e. The molecule has 2 rings (SSSR count). The van der Waals surface area contributed by atoms with E-state index in [0.717, 1.165) is 37.0 Å². The van der Waals surface area contributed by atoms with Crippen LogP contribution in [0, 0.1) is 5.92 Å². The van der Waals surface area contributed by atoms with Crippen molar-refractivity contribution in [3.63, 3.8) is 0 Å². The van der Waals surface area contributed by atoms with E-state index in [1.807, 2.05) is 0 Å². The van der Waals surface area contributed by atoms with Crippen LogP contribution >= 0.6 is 22.9 Å². The van der Waals surface area contributed by atoms with E-state index in [4.69, 9.17) is 11.6 Å². The molecule has 0 bridgehead atoms. The van der Waals surface area contributed by atoms with Crippen molar-refractivity contribution in [2.24, 2.45) is 5.92 Å². The number of hydrogen-bond acceptors (Lipinski definition) is 4. The van der Waals surface area contributed by atoms with Gasteiger partial charge in [0.2, 0.25) is 0 Å². The van der Waals surface area contributed by atoms with Crippen LogP contribution in [0.2, 0.25) is 4.47 Å². The zero-order valence-corrected chi connectivity index (χ0v) is 12.6. The molecule has 1 fully saturated rings. The van der Waals surface area contributed by atoms with Gasteiger partial charge in [0.25, 0.3) is 10.0 Å². The molecule has 18 heavy (non-hydrogen) atoms. The standard InChI is InChI=1S/C11H17ClN2O2S2/c1-2-8-5-3-4-6-9(8)14-18(15,16)10-7-13-11(12)17-10/h7-9,14H,2-6H2,1H3. The zero-order chi connectivity index (χ0) is 13.2. The van der Waals surface area contributed by atoms with Gasteiger partial charge in [-0.1, -0.05) is 49.1 Å². The molecule has 1 N–H and O–H groups in total. The smallest absolute Gasteiger partial charge is 0.232 e. The van der Waals surface area contributed by atoms with Crippen LogP contribution in [-0.4, -0.2) is 19.4 Å². The van der Waals surface area contributed by atoms with Gasteiger partial charge in [-0.25, -0.2) is 18.1 Å².